The number of rotatable bonds is 75. The number of hydrogen-bond acceptors (Lipinski definition) is 15. The predicted octanol–water partition coefficient (Wildman–Crippen LogP) is 22.1. The Morgan fingerprint density at radius 2 is 0.489 bits per heavy atom. The summed E-state index contributed by atoms with van der Waals surface area (Å²) in [7, 11) is -9.90. The maximum absolute atomic E-state index is 13.1. The van der Waals surface area contributed by atoms with Crippen LogP contribution in [0.1, 0.15) is 394 Å². The third-order valence-corrected chi connectivity index (χ3v) is 19.4. The fourth-order valence-corrected chi connectivity index (χ4v) is 13.1. The van der Waals surface area contributed by atoms with Gasteiger partial charge in [0.05, 0.1) is 26.4 Å². The molecule has 0 radical (unpaired) electrons. The van der Waals surface area contributed by atoms with Gasteiger partial charge in [-0.25, -0.2) is 9.13 Å². The third-order valence-electron chi connectivity index (χ3n) is 17.5. The van der Waals surface area contributed by atoms with Crippen LogP contribution in [0.25, 0.3) is 0 Å². The van der Waals surface area contributed by atoms with Crippen LogP contribution in [-0.4, -0.2) is 96.7 Å². The van der Waals surface area contributed by atoms with Crippen molar-refractivity contribution in [2.24, 2.45) is 5.92 Å². The van der Waals surface area contributed by atoms with Gasteiger partial charge in [0.2, 0.25) is 0 Å². The number of ether oxygens (including phenoxy) is 4. The predicted molar refractivity (Wildman–Crippen MR) is 382 cm³/mol. The summed E-state index contributed by atoms with van der Waals surface area (Å²) in [6, 6.07) is 0. The summed E-state index contributed by atoms with van der Waals surface area (Å²) in [6.07, 6.45) is 57.2. The second-order valence-corrected chi connectivity index (χ2v) is 30.4. The van der Waals surface area contributed by atoms with Crippen LogP contribution < -0.4 is 0 Å². The number of unbranched alkanes of at least 4 members (excludes halogenated alkanes) is 47. The van der Waals surface area contributed by atoms with Gasteiger partial charge in [0.25, 0.3) is 0 Å². The Balaban J connectivity index is 5.15. The summed E-state index contributed by atoms with van der Waals surface area (Å²) in [5, 5.41) is 10.6. The number of aliphatic hydroxyl groups excluding tert-OH is 1. The number of hydrogen-bond donors (Lipinski definition) is 3. The van der Waals surface area contributed by atoms with E-state index in [-0.39, 0.29) is 25.7 Å². The number of carbonyl (C=O) groups is 4. The van der Waals surface area contributed by atoms with Crippen molar-refractivity contribution >= 4 is 39.5 Å². The molecule has 0 aliphatic rings. The van der Waals surface area contributed by atoms with Gasteiger partial charge in [-0.2, -0.15) is 0 Å². The van der Waals surface area contributed by atoms with Gasteiger partial charge >= 0.3 is 39.5 Å². The zero-order valence-electron chi connectivity index (χ0n) is 61.1. The Bertz CT molecular complexity index is 1810. The first kappa shape index (κ1) is 92.1. The molecule has 0 saturated heterocycles. The van der Waals surface area contributed by atoms with Gasteiger partial charge in [0.15, 0.2) is 12.2 Å². The fourth-order valence-electron chi connectivity index (χ4n) is 11.5. The first-order chi connectivity index (χ1) is 45.5. The molecule has 0 heterocycles. The zero-order chi connectivity index (χ0) is 69.1. The highest BCUT2D eigenvalue weighted by molar-refractivity contribution is 7.47. The molecule has 0 aromatic carbocycles. The molecule has 3 N–H and O–H groups in total. The summed E-state index contributed by atoms with van der Waals surface area (Å²) in [5.74, 6) is -1.43. The van der Waals surface area contributed by atoms with Crippen LogP contribution in [0.2, 0.25) is 0 Å². The topological polar surface area (TPSA) is 237 Å². The molecule has 0 saturated carbocycles. The van der Waals surface area contributed by atoms with E-state index >= 15 is 0 Å². The fraction of sp³-hybridized carbons (Fsp3) is 0.947. The minimum absolute atomic E-state index is 0.104. The van der Waals surface area contributed by atoms with E-state index in [1.807, 2.05) is 0 Å². The Hall–Kier alpha value is -1.94. The van der Waals surface area contributed by atoms with Crippen molar-refractivity contribution in [3.8, 4) is 0 Å². The SMILES string of the molecule is CCCCCCCCCCCCCCCCCCCCCCCCC(=O)O[C@H](COC(=O)CCCCCCCCCCCCCCCC)COP(=O)(O)OC[C@@H](O)COP(=O)(O)OC[C@@H](COC(=O)CCCCCCCCCC)OC(=O)CCCCCCCCCC(C)C. The number of aliphatic hydroxyl groups is 1. The molecule has 0 bridgehead atoms. The average molecular weight is 1380 g/mol. The number of esters is 4. The lowest BCUT2D eigenvalue weighted by Crippen LogP contribution is -2.30. The van der Waals surface area contributed by atoms with Crippen LogP contribution in [0.5, 0.6) is 0 Å². The van der Waals surface area contributed by atoms with Crippen molar-refractivity contribution in [3.63, 3.8) is 0 Å². The monoisotopic (exact) mass is 1380 g/mol. The Morgan fingerprint density at radius 3 is 0.723 bits per heavy atom. The van der Waals surface area contributed by atoms with E-state index in [9.17, 15) is 43.2 Å². The lowest BCUT2D eigenvalue weighted by Gasteiger charge is -2.21. The van der Waals surface area contributed by atoms with Gasteiger partial charge in [-0.15, -0.1) is 0 Å². The molecule has 0 aliphatic carbocycles. The average Bonchev–Trinajstić information content (AvgIpc) is 3.37. The van der Waals surface area contributed by atoms with Gasteiger partial charge in [-0.3, -0.25) is 37.3 Å². The van der Waals surface area contributed by atoms with Crippen LogP contribution in [0.15, 0.2) is 0 Å². The Morgan fingerprint density at radius 1 is 0.287 bits per heavy atom. The molecule has 0 amide bonds. The van der Waals surface area contributed by atoms with Crippen LogP contribution in [-0.2, 0) is 65.4 Å². The Kier molecular flexibility index (Phi) is 66.8. The standard InChI is InChI=1S/C75H146O17P2/c1-6-9-12-15-18-21-23-25-27-28-29-30-31-32-33-34-36-38-40-45-50-55-60-74(79)91-70(65-86-73(78)59-54-49-44-39-37-35-26-24-22-19-16-13-10-7-2)66-89-93(81,82)87-62-69(76)63-88-94(83,84)90-67-71(64-85-72(77)58-53-48-43-20-17-14-11-8-3)92-75(80)61-56-51-46-41-42-47-52-57-68(4)5/h68-71,76H,6-67H2,1-5H3,(H,81,82)(H,83,84)/t69-,70-,71-/m1/s1. The van der Waals surface area contributed by atoms with Crippen molar-refractivity contribution < 1.29 is 80.2 Å². The van der Waals surface area contributed by atoms with E-state index in [0.717, 1.165) is 96.3 Å². The molecule has 0 aromatic rings. The highest BCUT2D eigenvalue weighted by Gasteiger charge is 2.30. The second kappa shape index (κ2) is 68.2. The summed E-state index contributed by atoms with van der Waals surface area (Å²) in [4.78, 5) is 72.6. The van der Waals surface area contributed by atoms with Crippen molar-refractivity contribution in [2.75, 3.05) is 39.6 Å². The molecule has 0 fully saturated rings. The van der Waals surface area contributed by atoms with Crippen molar-refractivity contribution in [2.45, 2.75) is 412 Å². The first-order valence-electron chi connectivity index (χ1n) is 39.1. The van der Waals surface area contributed by atoms with Gasteiger partial charge in [-0.05, 0) is 31.6 Å². The maximum atomic E-state index is 13.1. The van der Waals surface area contributed by atoms with Crippen molar-refractivity contribution in [3.05, 3.63) is 0 Å². The highest BCUT2D eigenvalue weighted by atomic mass is 31.2. The lowest BCUT2D eigenvalue weighted by molar-refractivity contribution is -0.161. The molecular formula is C75H146O17P2. The number of carbonyl (C=O) groups excluding carboxylic acids is 4. The second-order valence-electron chi connectivity index (χ2n) is 27.5. The van der Waals surface area contributed by atoms with Crippen LogP contribution in [0.4, 0.5) is 0 Å². The highest BCUT2D eigenvalue weighted by Crippen LogP contribution is 2.45. The van der Waals surface area contributed by atoms with Gasteiger partial charge in [-0.1, -0.05) is 343 Å². The molecule has 0 aromatic heterocycles. The quantitative estimate of drug-likeness (QED) is 0.0222. The minimum Gasteiger partial charge on any atom is -0.462 e. The molecule has 94 heavy (non-hydrogen) atoms. The number of phosphoric acid groups is 2. The van der Waals surface area contributed by atoms with Crippen molar-refractivity contribution in [1.29, 1.82) is 0 Å². The van der Waals surface area contributed by atoms with E-state index in [1.54, 1.807) is 0 Å². The lowest BCUT2D eigenvalue weighted by atomic mass is 10.0. The smallest absolute Gasteiger partial charge is 0.462 e. The molecule has 0 rings (SSSR count). The van der Waals surface area contributed by atoms with E-state index in [1.165, 1.54) is 212 Å². The van der Waals surface area contributed by atoms with Gasteiger partial charge in [0.1, 0.15) is 19.3 Å². The zero-order valence-corrected chi connectivity index (χ0v) is 62.9. The first-order valence-corrected chi connectivity index (χ1v) is 42.1. The molecular weight excluding hydrogens is 1230 g/mol. The normalized spacial score (nSPS) is 14.0. The maximum Gasteiger partial charge on any atom is 0.472 e. The van der Waals surface area contributed by atoms with Gasteiger partial charge in [0, 0.05) is 25.7 Å². The molecule has 17 nitrogen and oxygen atoms in total. The molecule has 5 atom stereocenters. The van der Waals surface area contributed by atoms with E-state index in [0.29, 0.717) is 31.6 Å². The van der Waals surface area contributed by atoms with E-state index < -0.39 is 97.5 Å². The van der Waals surface area contributed by atoms with Crippen LogP contribution >= 0.6 is 15.6 Å². The largest absolute Gasteiger partial charge is 0.472 e. The molecule has 0 aliphatic heterocycles. The Labute approximate surface area is 575 Å². The number of phosphoric ester groups is 2. The van der Waals surface area contributed by atoms with Crippen molar-refractivity contribution in [1.82, 2.24) is 0 Å². The molecule has 19 heteroatoms. The summed E-state index contributed by atoms with van der Waals surface area (Å²) >= 11 is 0. The van der Waals surface area contributed by atoms with E-state index in [2.05, 4.69) is 34.6 Å². The van der Waals surface area contributed by atoms with Crippen LogP contribution in [0, 0.1) is 5.92 Å². The van der Waals surface area contributed by atoms with Crippen LogP contribution in [0.3, 0.4) is 0 Å². The van der Waals surface area contributed by atoms with Gasteiger partial charge < -0.3 is 33.8 Å². The summed E-state index contributed by atoms with van der Waals surface area (Å²) < 4.78 is 68.3. The molecule has 0 spiro atoms. The van der Waals surface area contributed by atoms with E-state index in [4.69, 9.17) is 37.0 Å². The summed E-state index contributed by atoms with van der Waals surface area (Å²) in [5.41, 5.74) is 0. The molecule has 558 valence electrons. The minimum atomic E-state index is -4.95. The summed E-state index contributed by atoms with van der Waals surface area (Å²) in [6.45, 7) is 7.19. The third kappa shape index (κ3) is 68.6. The molecule has 2 unspecified atom stereocenters.